The SMILES string of the molecule is C=CCN(CCC)c1ccc(C(C)O)cc1Cl. The molecule has 0 fully saturated rings. The highest BCUT2D eigenvalue weighted by molar-refractivity contribution is 6.33. The van der Waals surface area contributed by atoms with Gasteiger partial charge in [0.05, 0.1) is 16.8 Å². The van der Waals surface area contributed by atoms with Crippen LogP contribution in [0.2, 0.25) is 5.02 Å². The lowest BCUT2D eigenvalue weighted by Crippen LogP contribution is -2.24. The van der Waals surface area contributed by atoms with Crippen molar-refractivity contribution in [3.63, 3.8) is 0 Å². The van der Waals surface area contributed by atoms with Crippen molar-refractivity contribution in [3.05, 3.63) is 41.4 Å². The smallest absolute Gasteiger partial charge is 0.0762 e. The molecule has 0 saturated heterocycles. The first-order valence-electron chi connectivity index (χ1n) is 5.93. The first-order chi connectivity index (χ1) is 8.10. The first-order valence-corrected chi connectivity index (χ1v) is 6.31. The summed E-state index contributed by atoms with van der Waals surface area (Å²) in [5.41, 5.74) is 1.84. The summed E-state index contributed by atoms with van der Waals surface area (Å²) in [5.74, 6) is 0. The number of aliphatic hydroxyl groups is 1. The summed E-state index contributed by atoms with van der Waals surface area (Å²) >= 11 is 6.25. The van der Waals surface area contributed by atoms with E-state index >= 15 is 0 Å². The molecular formula is C14H20ClNO. The highest BCUT2D eigenvalue weighted by atomic mass is 35.5. The Morgan fingerprint density at radius 2 is 2.24 bits per heavy atom. The molecule has 1 atom stereocenters. The van der Waals surface area contributed by atoms with Gasteiger partial charge in [0.25, 0.3) is 0 Å². The van der Waals surface area contributed by atoms with E-state index in [1.54, 1.807) is 6.92 Å². The van der Waals surface area contributed by atoms with Crippen LogP contribution in [0.4, 0.5) is 5.69 Å². The molecule has 0 saturated carbocycles. The van der Waals surface area contributed by atoms with Gasteiger partial charge in [0.15, 0.2) is 0 Å². The summed E-state index contributed by atoms with van der Waals surface area (Å²) < 4.78 is 0. The van der Waals surface area contributed by atoms with Crippen molar-refractivity contribution >= 4 is 17.3 Å². The van der Waals surface area contributed by atoms with Crippen molar-refractivity contribution in [1.82, 2.24) is 0 Å². The van der Waals surface area contributed by atoms with Crippen LogP contribution in [0.25, 0.3) is 0 Å². The second-order valence-corrected chi connectivity index (χ2v) is 4.53. The number of hydrogen-bond acceptors (Lipinski definition) is 2. The van der Waals surface area contributed by atoms with Crippen LogP contribution >= 0.6 is 11.6 Å². The Morgan fingerprint density at radius 1 is 1.53 bits per heavy atom. The molecule has 1 aromatic carbocycles. The monoisotopic (exact) mass is 253 g/mol. The summed E-state index contributed by atoms with van der Waals surface area (Å²) in [7, 11) is 0. The Kier molecular flexibility index (Phi) is 5.52. The van der Waals surface area contributed by atoms with Crippen molar-refractivity contribution < 1.29 is 5.11 Å². The molecule has 0 aliphatic carbocycles. The number of halogens is 1. The van der Waals surface area contributed by atoms with Gasteiger partial charge in [-0.25, -0.2) is 0 Å². The Hall–Kier alpha value is -0.990. The van der Waals surface area contributed by atoms with E-state index in [0.29, 0.717) is 5.02 Å². The third kappa shape index (κ3) is 3.76. The molecule has 1 aromatic rings. The van der Waals surface area contributed by atoms with Crippen LogP contribution in [0.3, 0.4) is 0 Å². The second kappa shape index (κ2) is 6.67. The van der Waals surface area contributed by atoms with Crippen LogP contribution in [0.15, 0.2) is 30.9 Å². The average Bonchev–Trinajstić information content (AvgIpc) is 2.28. The molecule has 0 aromatic heterocycles. The van der Waals surface area contributed by atoms with E-state index in [9.17, 15) is 5.11 Å². The lowest BCUT2D eigenvalue weighted by molar-refractivity contribution is 0.199. The van der Waals surface area contributed by atoms with Gasteiger partial charge < -0.3 is 10.0 Å². The minimum Gasteiger partial charge on any atom is -0.389 e. The van der Waals surface area contributed by atoms with Gasteiger partial charge in [-0.3, -0.25) is 0 Å². The summed E-state index contributed by atoms with van der Waals surface area (Å²) in [6, 6.07) is 5.70. The molecule has 2 nitrogen and oxygen atoms in total. The fourth-order valence-corrected chi connectivity index (χ4v) is 2.08. The molecule has 0 heterocycles. The molecule has 0 aliphatic heterocycles. The van der Waals surface area contributed by atoms with Crippen molar-refractivity contribution in [2.45, 2.75) is 26.4 Å². The molecule has 0 spiro atoms. The van der Waals surface area contributed by atoms with Gasteiger partial charge in [-0.2, -0.15) is 0 Å². The molecule has 0 amide bonds. The number of hydrogen-bond donors (Lipinski definition) is 1. The summed E-state index contributed by atoms with van der Waals surface area (Å²) in [6.07, 6.45) is 2.44. The van der Waals surface area contributed by atoms with Crippen LogP contribution < -0.4 is 4.90 Å². The van der Waals surface area contributed by atoms with Gasteiger partial charge in [0.1, 0.15) is 0 Å². The lowest BCUT2D eigenvalue weighted by Gasteiger charge is -2.24. The van der Waals surface area contributed by atoms with Crippen molar-refractivity contribution in [2.24, 2.45) is 0 Å². The maximum atomic E-state index is 9.50. The third-order valence-corrected chi connectivity index (χ3v) is 2.94. The Labute approximate surface area is 109 Å². The number of nitrogens with zero attached hydrogens (tertiary/aromatic N) is 1. The molecule has 0 bridgehead atoms. The zero-order valence-electron chi connectivity index (χ0n) is 10.5. The van der Waals surface area contributed by atoms with Crippen LogP contribution in [0.1, 0.15) is 31.9 Å². The molecule has 17 heavy (non-hydrogen) atoms. The quantitative estimate of drug-likeness (QED) is 0.780. The minimum absolute atomic E-state index is 0.486. The van der Waals surface area contributed by atoms with Crippen LogP contribution in [0, 0.1) is 0 Å². The molecule has 1 N–H and O–H groups in total. The van der Waals surface area contributed by atoms with Gasteiger partial charge in [-0.15, -0.1) is 6.58 Å². The lowest BCUT2D eigenvalue weighted by atomic mass is 10.1. The number of benzene rings is 1. The van der Waals surface area contributed by atoms with Crippen LogP contribution in [-0.2, 0) is 0 Å². The van der Waals surface area contributed by atoms with Gasteiger partial charge in [0, 0.05) is 13.1 Å². The molecule has 3 heteroatoms. The highest BCUT2D eigenvalue weighted by Gasteiger charge is 2.10. The van der Waals surface area contributed by atoms with Crippen LogP contribution in [-0.4, -0.2) is 18.2 Å². The van der Waals surface area contributed by atoms with Gasteiger partial charge in [-0.1, -0.05) is 30.7 Å². The number of rotatable bonds is 6. The van der Waals surface area contributed by atoms with Gasteiger partial charge in [0.2, 0.25) is 0 Å². The predicted molar refractivity (Wildman–Crippen MR) is 74.8 cm³/mol. The maximum Gasteiger partial charge on any atom is 0.0762 e. The first kappa shape index (κ1) is 14.1. The normalized spacial score (nSPS) is 12.2. The molecule has 0 aliphatic rings. The fourth-order valence-electron chi connectivity index (χ4n) is 1.78. The zero-order valence-corrected chi connectivity index (χ0v) is 11.2. The van der Waals surface area contributed by atoms with Crippen LogP contribution in [0.5, 0.6) is 0 Å². The van der Waals surface area contributed by atoms with Crippen molar-refractivity contribution in [2.75, 3.05) is 18.0 Å². The summed E-state index contributed by atoms with van der Waals surface area (Å²) in [5, 5.41) is 10.2. The second-order valence-electron chi connectivity index (χ2n) is 4.12. The van der Waals surface area contributed by atoms with Gasteiger partial charge in [-0.05, 0) is 31.0 Å². The van der Waals surface area contributed by atoms with Crippen molar-refractivity contribution in [3.8, 4) is 0 Å². The van der Waals surface area contributed by atoms with E-state index in [4.69, 9.17) is 11.6 Å². The molecule has 94 valence electrons. The summed E-state index contributed by atoms with van der Waals surface area (Å²) in [4.78, 5) is 2.18. The fraction of sp³-hybridized carbons (Fsp3) is 0.429. The predicted octanol–water partition coefficient (Wildman–Crippen LogP) is 3.80. The minimum atomic E-state index is -0.486. The number of aliphatic hydroxyl groups excluding tert-OH is 1. The Balaban J connectivity index is 2.99. The largest absolute Gasteiger partial charge is 0.389 e. The molecule has 1 rings (SSSR count). The Morgan fingerprint density at radius 3 is 2.71 bits per heavy atom. The van der Waals surface area contributed by atoms with E-state index in [-0.39, 0.29) is 0 Å². The van der Waals surface area contributed by atoms with E-state index < -0.39 is 6.10 Å². The zero-order chi connectivity index (χ0) is 12.8. The van der Waals surface area contributed by atoms with E-state index in [0.717, 1.165) is 30.8 Å². The molecule has 0 radical (unpaired) electrons. The summed E-state index contributed by atoms with van der Waals surface area (Å²) in [6.45, 7) is 9.35. The van der Waals surface area contributed by atoms with Crippen molar-refractivity contribution in [1.29, 1.82) is 0 Å². The molecule has 1 unspecified atom stereocenters. The third-order valence-electron chi connectivity index (χ3n) is 2.64. The number of anilines is 1. The molecular weight excluding hydrogens is 234 g/mol. The Bertz CT molecular complexity index is 376. The topological polar surface area (TPSA) is 23.5 Å². The standard InChI is InChI=1S/C14H20ClNO/c1-4-8-16(9-5-2)14-7-6-12(11(3)17)10-13(14)15/h4,6-7,10-11,17H,1,5,8-9H2,2-3H3. The maximum absolute atomic E-state index is 9.50. The van der Waals surface area contributed by atoms with E-state index in [1.807, 2.05) is 24.3 Å². The van der Waals surface area contributed by atoms with E-state index in [1.165, 1.54) is 0 Å². The van der Waals surface area contributed by atoms with E-state index in [2.05, 4.69) is 18.4 Å². The van der Waals surface area contributed by atoms with Gasteiger partial charge >= 0.3 is 0 Å². The average molecular weight is 254 g/mol. The highest BCUT2D eigenvalue weighted by Crippen LogP contribution is 2.29.